The van der Waals surface area contributed by atoms with Gasteiger partial charge in [-0.25, -0.2) is 4.79 Å². The molecule has 1 saturated heterocycles. The van der Waals surface area contributed by atoms with Gasteiger partial charge in [-0.05, 0) is 36.1 Å². The Morgan fingerprint density at radius 2 is 2.12 bits per heavy atom. The van der Waals surface area contributed by atoms with Crippen LogP contribution in [-0.2, 0) is 6.42 Å². The van der Waals surface area contributed by atoms with Crippen LogP contribution in [0.2, 0.25) is 0 Å². The largest absolute Gasteiger partial charge is 0.487 e. The van der Waals surface area contributed by atoms with Crippen LogP contribution in [0.5, 0.6) is 5.75 Å². The third kappa shape index (κ3) is 3.07. The molecular weight excluding hydrogens is 302 g/mol. The van der Waals surface area contributed by atoms with Crippen molar-refractivity contribution in [2.75, 3.05) is 13.1 Å². The third-order valence-electron chi connectivity index (χ3n) is 4.80. The number of benzene rings is 1. The molecule has 0 radical (unpaired) electrons. The van der Waals surface area contributed by atoms with E-state index in [0.717, 1.165) is 31.6 Å². The molecule has 24 heavy (non-hydrogen) atoms. The Bertz CT molecular complexity index is 720. The van der Waals surface area contributed by atoms with Gasteiger partial charge in [-0.2, -0.15) is 0 Å². The second-order valence-electron chi connectivity index (χ2n) is 6.40. The van der Waals surface area contributed by atoms with Crippen LogP contribution in [0.3, 0.4) is 0 Å². The molecule has 0 spiro atoms. The second kappa shape index (κ2) is 6.51. The highest BCUT2D eigenvalue weighted by Crippen LogP contribution is 2.31. The summed E-state index contributed by atoms with van der Waals surface area (Å²) >= 11 is 0. The van der Waals surface area contributed by atoms with Crippen LogP contribution in [0.15, 0.2) is 48.8 Å². The van der Waals surface area contributed by atoms with Crippen LogP contribution in [0.4, 0.5) is 4.79 Å². The minimum atomic E-state index is 0.00832. The van der Waals surface area contributed by atoms with E-state index in [9.17, 15) is 4.79 Å². The van der Waals surface area contributed by atoms with Gasteiger partial charge in [-0.1, -0.05) is 24.3 Å². The quantitative estimate of drug-likeness (QED) is 0.945. The lowest BCUT2D eigenvalue weighted by Crippen LogP contribution is -2.40. The van der Waals surface area contributed by atoms with E-state index in [1.54, 1.807) is 12.4 Å². The Morgan fingerprint density at radius 1 is 1.21 bits per heavy atom. The smallest absolute Gasteiger partial charge is 0.318 e. The van der Waals surface area contributed by atoms with Crippen LogP contribution >= 0.6 is 0 Å². The Kier molecular flexibility index (Phi) is 4.07. The van der Waals surface area contributed by atoms with E-state index in [1.165, 1.54) is 11.1 Å². The number of hydrogen-bond acceptors (Lipinski definition) is 3. The molecular formula is C19H21N3O2. The summed E-state index contributed by atoms with van der Waals surface area (Å²) in [5.74, 6) is 0.759. The molecule has 5 heteroatoms. The van der Waals surface area contributed by atoms with Gasteiger partial charge in [0.1, 0.15) is 11.9 Å². The number of carbonyl (C=O) groups excluding carboxylic acids is 1. The maximum atomic E-state index is 12.6. The molecule has 0 bridgehead atoms. The molecule has 2 heterocycles. The van der Waals surface area contributed by atoms with E-state index in [1.807, 2.05) is 23.1 Å². The van der Waals surface area contributed by atoms with E-state index in [4.69, 9.17) is 4.74 Å². The maximum absolute atomic E-state index is 12.6. The van der Waals surface area contributed by atoms with E-state index in [-0.39, 0.29) is 18.2 Å². The Balaban J connectivity index is 1.33. The molecule has 1 aromatic heterocycles. The zero-order valence-electron chi connectivity index (χ0n) is 13.5. The van der Waals surface area contributed by atoms with E-state index in [2.05, 4.69) is 28.5 Å². The van der Waals surface area contributed by atoms with Crippen LogP contribution in [0.25, 0.3) is 0 Å². The summed E-state index contributed by atoms with van der Waals surface area (Å²) in [5.41, 5.74) is 2.61. The highest BCUT2D eigenvalue weighted by atomic mass is 16.5. The van der Waals surface area contributed by atoms with Gasteiger partial charge in [0.15, 0.2) is 0 Å². The Labute approximate surface area is 141 Å². The highest BCUT2D eigenvalue weighted by Gasteiger charge is 2.30. The first kappa shape index (κ1) is 15.0. The average Bonchev–Trinajstić information content (AvgIpc) is 3.24. The standard InChI is InChI=1S/C19H21N3O2/c23-19(21-18-8-7-14-4-1-2-6-17(14)18)22-11-9-16(13-22)24-15-5-3-10-20-12-15/h1-6,10,12,16,18H,7-9,11,13H2,(H,21,23)/t16-,18-/m0/s1. The van der Waals surface area contributed by atoms with Crippen molar-refractivity contribution in [3.05, 3.63) is 59.9 Å². The lowest BCUT2D eigenvalue weighted by Gasteiger charge is -2.21. The normalized spacial score (nSPS) is 22.2. The number of amides is 2. The summed E-state index contributed by atoms with van der Waals surface area (Å²) in [4.78, 5) is 18.5. The SMILES string of the molecule is O=C(N[C@H]1CCc2ccccc21)N1CC[C@H](Oc2cccnc2)C1. The first-order chi connectivity index (χ1) is 11.8. The number of ether oxygens (including phenoxy) is 1. The summed E-state index contributed by atoms with van der Waals surface area (Å²) in [7, 11) is 0. The van der Waals surface area contributed by atoms with E-state index in [0.29, 0.717) is 6.54 Å². The number of rotatable bonds is 3. The molecule has 124 valence electrons. The van der Waals surface area contributed by atoms with Crippen LogP contribution < -0.4 is 10.1 Å². The fourth-order valence-electron chi connectivity index (χ4n) is 3.57. The Morgan fingerprint density at radius 3 is 3.00 bits per heavy atom. The van der Waals surface area contributed by atoms with Crippen LogP contribution in [-0.4, -0.2) is 35.1 Å². The topological polar surface area (TPSA) is 54.5 Å². The molecule has 2 aliphatic rings. The van der Waals surface area contributed by atoms with Crippen molar-refractivity contribution in [3.63, 3.8) is 0 Å². The number of nitrogens with zero attached hydrogens (tertiary/aromatic N) is 2. The van der Waals surface area contributed by atoms with Gasteiger partial charge in [0.05, 0.1) is 18.8 Å². The fourth-order valence-corrected chi connectivity index (χ4v) is 3.57. The average molecular weight is 323 g/mol. The van der Waals surface area contributed by atoms with Crippen molar-refractivity contribution >= 4 is 6.03 Å². The molecule has 1 aliphatic heterocycles. The van der Waals surface area contributed by atoms with Gasteiger partial charge < -0.3 is 15.0 Å². The predicted molar refractivity (Wildman–Crippen MR) is 90.9 cm³/mol. The molecule has 1 N–H and O–H groups in total. The van der Waals surface area contributed by atoms with Crippen molar-refractivity contribution in [1.29, 1.82) is 0 Å². The van der Waals surface area contributed by atoms with Crippen molar-refractivity contribution in [2.45, 2.75) is 31.4 Å². The molecule has 1 aliphatic carbocycles. The number of pyridine rings is 1. The molecule has 2 amide bonds. The zero-order chi connectivity index (χ0) is 16.4. The molecule has 1 aromatic carbocycles. The molecule has 1 fully saturated rings. The number of urea groups is 1. The number of aromatic nitrogens is 1. The van der Waals surface area contributed by atoms with Gasteiger partial charge >= 0.3 is 6.03 Å². The van der Waals surface area contributed by atoms with Crippen molar-refractivity contribution in [3.8, 4) is 5.75 Å². The second-order valence-corrected chi connectivity index (χ2v) is 6.40. The maximum Gasteiger partial charge on any atom is 0.318 e. The highest BCUT2D eigenvalue weighted by molar-refractivity contribution is 5.75. The van der Waals surface area contributed by atoms with Gasteiger partial charge in [0, 0.05) is 19.2 Å². The van der Waals surface area contributed by atoms with Crippen molar-refractivity contribution in [2.24, 2.45) is 0 Å². The third-order valence-corrected chi connectivity index (χ3v) is 4.80. The summed E-state index contributed by atoms with van der Waals surface area (Å²) in [6.07, 6.45) is 6.33. The first-order valence-electron chi connectivity index (χ1n) is 8.49. The van der Waals surface area contributed by atoms with Crippen molar-refractivity contribution < 1.29 is 9.53 Å². The minimum Gasteiger partial charge on any atom is -0.487 e. The van der Waals surface area contributed by atoms with E-state index >= 15 is 0 Å². The summed E-state index contributed by atoms with van der Waals surface area (Å²) in [6.45, 7) is 1.35. The van der Waals surface area contributed by atoms with Gasteiger partial charge in [-0.3, -0.25) is 4.98 Å². The summed E-state index contributed by atoms with van der Waals surface area (Å²) in [6, 6.07) is 12.2. The lowest BCUT2D eigenvalue weighted by atomic mass is 10.1. The molecule has 4 rings (SSSR count). The monoisotopic (exact) mass is 323 g/mol. The molecule has 0 saturated carbocycles. The predicted octanol–water partition coefficient (Wildman–Crippen LogP) is 2.93. The van der Waals surface area contributed by atoms with Gasteiger partial charge in [-0.15, -0.1) is 0 Å². The molecule has 2 atom stereocenters. The number of fused-ring (bicyclic) bond motifs is 1. The van der Waals surface area contributed by atoms with E-state index < -0.39 is 0 Å². The van der Waals surface area contributed by atoms with Crippen LogP contribution in [0.1, 0.15) is 30.0 Å². The Hall–Kier alpha value is -2.56. The number of nitrogens with one attached hydrogen (secondary N) is 1. The number of likely N-dealkylation sites (tertiary alicyclic amines) is 1. The van der Waals surface area contributed by atoms with Gasteiger partial charge in [0.25, 0.3) is 0 Å². The first-order valence-corrected chi connectivity index (χ1v) is 8.49. The molecule has 2 aromatic rings. The molecule has 0 unspecified atom stereocenters. The zero-order valence-corrected chi connectivity index (χ0v) is 13.5. The summed E-state index contributed by atoms with van der Waals surface area (Å²) < 4.78 is 5.90. The van der Waals surface area contributed by atoms with Crippen LogP contribution in [0, 0.1) is 0 Å². The summed E-state index contributed by atoms with van der Waals surface area (Å²) in [5, 5.41) is 3.18. The fraction of sp³-hybridized carbons (Fsp3) is 0.368. The number of aryl methyl sites for hydroxylation is 1. The van der Waals surface area contributed by atoms with Gasteiger partial charge in [0.2, 0.25) is 0 Å². The number of hydrogen-bond donors (Lipinski definition) is 1. The minimum absolute atomic E-state index is 0.00832. The number of carbonyl (C=O) groups is 1. The van der Waals surface area contributed by atoms with Crippen molar-refractivity contribution in [1.82, 2.24) is 15.2 Å². The molecule has 5 nitrogen and oxygen atoms in total. The lowest BCUT2D eigenvalue weighted by molar-refractivity contribution is 0.184.